The molecule has 1 aliphatic rings. The highest BCUT2D eigenvalue weighted by Gasteiger charge is 2.28. The minimum atomic E-state index is -0.206. The van der Waals surface area contributed by atoms with Gasteiger partial charge in [-0.05, 0) is 54.8 Å². The van der Waals surface area contributed by atoms with Crippen LogP contribution in [-0.2, 0) is 17.8 Å². The van der Waals surface area contributed by atoms with E-state index in [2.05, 4.69) is 71.5 Å². The van der Waals surface area contributed by atoms with E-state index in [0.717, 1.165) is 44.9 Å². The zero-order valence-electron chi connectivity index (χ0n) is 19.1. The number of aryl methyl sites for hydroxylation is 1. The number of thioether (sulfide) groups is 1. The fourth-order valence-electron chi connectivity index (χ4n) is 4.33. The third-order valence-electron chi connectivity index (χ3n) is 6.23. The molecule has 172 valence electrons. The molecule has 1 aliphatic heterocycles. The zero-order chi connectivity index (χ0) is 23.7. The van der Waals surface area contributed by atoms with Crippen molar-refractivity contribution in [1.29, 1.82) is 0 Å². The van der Waals surface area contributed by atoms with Gasteiger partial charge < -0.3 is 15.2 Å². The first kappa shape index (κ1) is 22.6. The molecule has 2 heterocycles. The van der Waals surface area contributed by atoms with Crippen molar-refractivity contribution in [1.82, 2.24) is 9.88 Å². The van der Waals surface area contributed by atoms with Gasteiger partial charge in [0.1, 0.15) is 0 Å². The van der Waals surface area contributed by atoms with E-state index >= 15 is 0 Å². The Kier molecular flexibility index (Phi) is 6.40. The topological polar surface area (TPSA) is 46.1 Å². The number of anilines is 1. The summed E-state index contributed by atoms with van der Waals surface area (Å²) in [6.45, 7) is 4.91. The fraction of sp³-hybridized carbons (Fsp3) is 0.179. The van der Waals surface area contributed by atoms with Gasteiger partial charge in [0.05, 0.1) is 4.91 Å². The van der Waals surface area contributed by atoms with Crippen LogP contribution in [0.2, 0.25) is 5.02 Å². The fourth-order valence-corrected chi connectivity index (χ4v) is 5.49. The van der Waals surface area contributed by atoms with Crippen molar-refractivity contribution in [3.63, 3.8) is 0 Å². The molecule has 0 spiro atoms. The van der Waals surface area contributed by atoms with E-state index in [4.69, 9.17) is 11.6 Å². The van der Waals surface area contributed by atoms with Gasteiger partial charge in [-0.1, -0.05) is 78.8 Å². The maximum Gasteiger partial charge on any atom is 0.260 e. The molecule has 6 heteroatoms. The second-order valence-electron chi connectivity index (χ2n) is 8.37. The van der Waals surface area contributed by atoms with Crippen LogP contribution in [0, 0.1) is 6.92 Å². The Hall–Kier alpha value is -3.15. The molecule has 0 aliphatic carbocycles. The molecule has 34 heavy (non-hydrogen) atoms. The first-order chi connectivity index (χ1) is 16.5. The summed E-state index contributed by atoms with van der Waals surface area (Å²) in [6, 6.07) is 24.6. The van der Waals surface area contributed by atoms with Gasteiger partial charge in [0.15, 0.2) is 5.50 Å². The average molecular weight is 488 g/mol. The number of nitrogens with zero attached hydrogens (tertiary/aromatic N) is 1. The van der Waals surface area contributed by atoms with E-state index in [9.17, 15) is 4.79 Å². The van der Waals surface area contributed by atoms with Gasteiger partial charge in [0.25, 0.3) is 5.91 Å². The Balaban J connectivity index is 1.45. The van der Waals surface area contributed by atoms with Crippen LogP contribution < -0.4 is 10.6 Å². The van der Waals surface area contributed by atoms with Crippen molar-refractivity contribution in [2.75, 3.05) is 5.32 Å². The van der Waals surface area contributed by atoms with Crippen LogP contribution in [0.5, 0.6) is 0 Å². The van der Waals surface area contributed by atoms with E-state index < -0.39 is 0 Å². The van der Waals surface area contributed by atoms with Crippen molar-refractivity contribution < 1.29 is 4.79 Å². The summed E-state index contributed by atoms with van der Waals surface area (Å²) >= 11 is 7.96. The van der Waals surface area contributed by atoms with Crippen molar-refractivity contribution in [3.05, 3.63) is 105 Å². The number of hydrogen-bond donors (Lipinski definition) is 2. The van der Waals surface area contributed by atoms with Crippen LogP contribution in [0.15, 0.2) is 77.7 Å². The molecule has 1 aromatic heterocycles. The standard InChI is InChI=1S/C28H26ClN3OS/c1-3-19-12-14-21(15-13-19)30-28-31-27(33)26(34-28)16-23-18(2)32(25-11-7-5-9-22(23)25)17-20-8-4-6-10-24(20)29/h4-16,28,30H,3,17H2,1-2H3,(H,31,33)/b26-16-/t28-/m1/s1. The van der Waals surface area contributed by atoms with Gasteiger partial charge in [0.2, 0.25) is 0 Å². The quantitative estimate of drug-likeness (QED) is 0.293. The van der Waals surface area contributed by atoms with Crippen LogP contribution >= 0.6 is 23.4 Å². The molecule has 1 atom stereocenters. The lowest BCUT2D eigenvalue weighted by molar-refractivity contribution is -0.116. The van der Waals surface area contributed by atoms with Crippen molar-refractivity contribution >= 4 is 51.9 Å². The summed E-state index contributed by atoms with van der Waals surface area (Å²) in [5, 5.41) is 8.33. The van der Waals surface area contributed by atoms with Crippen LogP contribution in [-0.4, -0.2) is 16.0 Å². The normalized spacial score (nSPS) is 16.9. The summed E-state index contributed by atoms with van der Waals surface area (Å²) in [5.41, 5.74) is 6.44. The van der Waals surface area contributed by atoms with Crippen LogP contribution in [0.3, 0.4) is 0 Å². The molecule has 3 aromatic carbocycles. The molecule has 0 unspecified atom stereocenters. The Morgan fingerprint density at radius 2 is 1.79 bits per heavy atom. The summed E-state index contributed by atoms with van der Waals surface area (Å²) in [5.74, 6) is -0.0602. The summed E-state index contributed by atoms with van der Waals surface area (Å²) in [6.07, 6.45) is 3.02. The van der Waals surface area contributed by atoms with Gasteiger partial charge in [-0.15, -0.1) is 0 Å². The molecule has 1 amide bonds. The van der Waals surface area contributed by atoms with Crippen LogP contribution in [0.1, 0.15) is 29.3 Å². The molecule has 0 radical (unpaired) electrons. The molecule has 1 fully saturated rings. The highest BCUT2D eigenvalue weighted by atomic mass is 35.5. The number of carbonyl (C=O) groups excluding carboxylic acids is 1. The van der Waals surface area contributed by atoms with E-state index in [-0.39, 0.29) is 11.4 Å². The maximum atomic E-state index is 12.8. The smallest absolute Gasteiger partial charge is 0.260 e. The largest absolute Gasteiger partial charge is 0.357 e. The number of nitrogens with one attached hydrogen (secondary N) is 2. The lowest BCUT2D eigenvalue weighted by atomic mass is 10.1. The molecule has 2 N–H and O–H groups in total. The molecular formula is C28H26ClN3OS. The maximum absolute atomic E-state index is 12.8. The molecule has 4 aromatic rings. The SMILES string of the molecule is CCc1ccc(N[C@@H]2NC(=O)/C(=C/c3c(C)n(Cc4ccccc4Cl)c4ccccc34)S2)cc1. The van der Waals surface area contributed by atoms with Crippen molar-refractivity contribution in [3.8, 4) is 0 Å². The van der Waals surface area contributed by atoms with Crippen LogP contribution in [0.4, 0.5) is 5.69 Å². The number of rotatable bonds is 6. The molecule has 0 saturated carbocycles. The number of fused-ring (bicyclic) bond motifs is 1. The second kappa shape index (κ2) is 9.61. The minimum absolute atomic E-state index is 0.0602. The second-order valence-corrected chi connectivity index (χ2v) is 9.92. The van der Waals surface area contributed by atoms with Gasteiger partial charge in [-0.3, -0.25) is 4.79 Å². The van der Waals surface area contributed by atoms with E-state index in [0.29, 0.717) is 11.4 Å². The predicted octanol–water partition coefficient (Wildman–Crippen LogP) is 6.81. The summed E-state index contributed by atoms with van der Waals surface area (Å²) in [7, 11) is 0. The third-order valence-corrected chi connectivity index (χ3v) is 7.63. The first-order valence-corrected chi connectivity index (χ1v) is 12.6. The van der Waals surface area contributed by atoms with Crippen LogP contribution in [0.25, 0.3) is 17.0 Å². The molecule has 5 rings (SSSR count). The number of para-hydroxylation sites is 1. The number of benzene rings is 3. The van der Waals surface area contributed by atoms with Gasteiger partial charge >= 0.3 is 0 Å². The van der Waals surface area contributed by atoms with E-state index in [1.165, 1.54) is 17.3 Å². The van der Waals surface area contributed by atoms with Gasteiger partial charge in [-0.25, -0.2) is 0 Å². The van der Waals surface area contributed by atoms with E-state index in [1.807, 2.05) is 36.4 Å². The Morgan fingerprint density at radius 3 is 2.56 bits per heavy atom. The van der Waals surface area contributed by atoms with Gasteiger partial charge in [-0.2, -0.15) is 0 Å². The lowest BCUT2D eigenvalue weighted by Crippen LogP contribution is -2.30. The number of hydrogen-bond acceptors (Lipinski definition) is 3. The Morgan fingerprint density at radius 1 is 1.06 bits per heavy atom. The van der Waals surface area contributed by atoms with Crippen molar-refractivity contribution in [2.24, 2.45) is 0 Å². The number of halogens is 1. The first-order valence-electron chi connectivity index (χ1n) is 11.4. The summed E-state index contributed by atoms with van der Waals surface area (Å²) < 4.78 is 2.27. The Labute approximate surface area is 209 Å². The molecule has 0 bridgehead atoms. The monoisotopic (exact) mass is 487 g/mol. The van der Waals surface area contributed by atoms with Gasteiger partial charge in [0, 0.05) is 39.4 Å². The highest BCUT2D eigenvalue weighted by Crippen LogP contribution is 2.35. The lowest BCUT2D eigenvalue weighted by Gasteiger charge is -2.12. The van der Waals surface area contributed by atoms with Crippen molar-refractivity contribution in [2.45, 2.75) is 32.3 Å². The predicted molar refractivity (Wildman–Crippen MR) is 144 cm³/mol. The third kappa shape index (κ3) is 4.46. The highest BCUT2D eigenvalue weighted by molar-refractivity contribution is 8.05. The summed E-state index contributed by atoms with van der Waals surface area (Å²) in [4.78, 5) is 13.5. The number of carbonyl (C=O) groups is 1. The average Bonchev–Trinajstić information content (AvgIpc) is 3.32. The molecular weight excluding hydrogens is 462 g/mol. The number of aromatic nitrogens is 1. The van der Waals surface area contributed by atoms with E-state index in [1.54, 1.807) is 0 Å². The number of amides is 1. The molecule has 1 saturated heterocycles. The molecule has 4 nitrogen and oxygen atoms in total. The minimum Gasteiger partial charge on any atom is -0.357 e. The zero-order valence-corrected chi connectivity index (χ0v) is 20.7. The Bertz CT molecular complexity index is 1390.